The molecule has 1 fully saturated rings. The van der Waals surface area contributed by atoms with Crippen molar-refractivity contribution < 1.29 is 4.79 Å². The van der Waals surface area contributed by atoms with Crippen molar-refractivity contribution in [2.24, 2.45) is 17.6 Å². The van der Waals surface area contributed by atoms with E-state index >= 15 is 0 Å². The molecule has 1 saturated carbocycles. The number of amides is 1. The lowest BCUT2D eigenvalue weighted by atomic mass is 9.95. The topological polar surface area (TPSA) is 70.9 Å². The van der Waals surface area contributed by atoms with Crippen molar-refractivity contribution in [1.29, 1.82) is 0 Å². The molecule has 0 saturated heterocycles. The van der Waals surface area contributed by atoms with Gasteiger partial charge in [0.15, 0.2) is 0 Å². The van der Waals surface area contributed by atoms with E-state index in [1.54, 1.807) is 0 Å². The van der Waals surface area contributed by atoms with Gasteiger partial charge in [0.2, 0.25) is 5.91 Å². The Hall–Kier alpha value is -1.81. The summed E-state index contributed by atoms with van der Waals surface area (Å²) in [5.74, 6) is 0.675. The number of rotatable bonds is 5. The van der Waals surface area contributed by atoms with Crippen LogP contribution in [0.4, 0.5) is 0 Å². The molecule has 3 rings (SSSR count). The number of aryl methyl sites for hydroxylation is 1. The molecule has 0 spiro atoms. The fourth-order valence-electron chi connectivity index (χ4n) is 3.76. The Bertz CT molecular complexity index is 661. The van der Waals surface area contributed by atoms with Crippen LogP contribution in [0.15, 0.2) is 24.3 Å². The zero-order valence-corrected chi connectivity index (χ0v) is 13.2. The Kier molecular flexibility index (Phi) is 4.48. The summed E-state index contributed by atoms with van der Waals surface area (Å²) in [5, 5.41) is 4.37. The van der Waals surface area contributed by atoms with E-state index in [1.807, 2.05) is 6.07 Å². The van der Waals surface area contributed by atoms with Gasteiger partial charge in [0.25, 0.3) is 0 Å². The van der Waals surface area contributed by atoms with Crippen LogP contribution in [-0.4, -0.2) is 24.0 Å². The van der Waals surface area contributed by atoms with Crippen molar-refractivity contribution in [3.63, 3.8) is 0 Å². The molecule has 4 nitrogen and oxygen atoms in total. The molecule has 2 atom stereocenters. The third-order valence-electron chi connectivity index (χ3n) is 5.00. The molecule has 118 valence electrons. The quantitative estimate of drug-likeness (QED) is 0.794. The van der Waals surface area contributed by atoms with Crippen LogP contribution < -0.4 is 11.1 Å². The highest BCUT2D eigenvalue weighted by atomic mass is 16.1. The largest absolute Gasteiger partial charge is 0.358 e. The number of aromatic amines is 1. The number of nitrogens with one attached hydrogen (secondary N) is 2. The van der Waals surface area contributed by atoms with Gasteiger partial charge in [-0.05, 0) is 50.3 Å². The fourth-order valence-corrected chi connectivity index (χ4v) is 3.76. The van der Waals surface area contributed by atoms with E-state index in [0.717, 1.165) is 25.7 Å². The summed E-state index contributed by atoms with van der Waals surface area (Å²) in [4.78, 5) is 15.7. The van der Waals surface area contributed by atoms with Crippen LogP contribution in [0.1, 0.15) is 30.5 Å². The van der Waals surface area contributed by atoms with Crippen molar-refractivity contribution in [3.8, 4) is 0 Å². The second kappa shape index (κ2) is 6.53. The number of fused-ring (bicyclic) bond motifs is 1. The van der Waals surface area contributed by atoms with E-state index in [2.05, 4.69) is 35.4 Å². The molecule has 0 bridgehead atoms. The smallest absolute Gasteiger partial charge is 0.223 e. The highest BCUT2D eigenvalue weighted by molar-refractivity contribution is 5.84. The number of carbonyl (C=O) groups excluding carboxylic acids is 1. The number of carbonyl (C=O) groups is 1. The highest BCUT2D eigenvalue weighted by Crippen LogP contribution is 2.31. The molecule has 1 amide bonds. The number of hydrogen-bond acceptors (Lipinski definition) is 2. The standard InChI is InChI=1S/C18H25N3O/c1-12-14(16-6-2-3-8-17(16)21-12)9-10-20-18(22)15-7-4-5-13(15)11-19/h2-3,6,8,13,15,21H,4-5,7,9-11,19H2,1H3,(H,20,22)/t13-,15-/m1/s1. The Morgan fingerprint density at radius 1 is 1.36 bits per heavy atom. The lowest BCUT2D eigenvalue weighted by Gasteiger charge is -2.17. The summed E-state index contributed by atoms with van der Waals surface area (Å²) in [6.45, 7) is 3.41. The first-order valence-electron chi connectivity index (χ1n) is 8.24. The second-order valence-corrected chi connectivity index (χ2v) is 6.35. The van der Waals surface area contributed by atoms with Gasteiger partial charge >= 0.3 is 0 Å². The molecule has 2 aromatic rings. The molecule has 0 unspecified atom stereocenters. The SMILES string of the molecule is Cc1[nH]c2ccccc2c1CCNC(=O)[C@@H]1CCC[C@@H]1CN. The first-order valence-corrected chi connectivity index (χ1v) is 8.24. The third kappa shape index (κ3) is 2.88. The van der Waals surface area contributed by atoms with E-state index in [-0.39, 0.29) is 11.8 Å². The predicted octanol–water partition coefficient (Wildman–Crippen LogP) is 2.51. The Balaban J connectivity index is 1.60. The second-order valence-electron chi connectivity index (χ2n) is 6.35. The van der Waals surface area contributed by atoms with Gasteiger partial charge in [-0.1, -0.05) is 24.6 Å². The maximum absolute atomic E-state index is 12.3. The van der Waals surface area contributed by atoms with Gasteiger partial charge < -0.3 is 16.0 Å². The van der Waals surface area contributed by atoms with E-state index in [4.69, 9.17) is 5.73 Å². The van der Waals surface area contributed by atoms with Crippen LogP contribution in [-0.2, 0) is 11.2 Å². The minimum atomic E-state index is 0.120. The lowest BCUT2D eigenvalue weighted by molar-refractivity contribution is -0.125. The third-order valence-corrected chi connectivity index (χ3v) is 5.00. The van der Waals surface area contributed by atoms with Crippen molar-refractivity contribution in [2.45, 2.75) is 32.6 Å². The van der Waals surface area contributed by atoms with Gasteiger partial charge in [0.1, 0.15) is 0 Å². The Labute approximate surface area is 131 Å². The minimum absolute atomic E-state index is 0.120. The number of nitrogens with two attached hydrogens (primary N) is 1. The van der Waals surface area contributed by atoms with Crippen LogP contribution in [0, 0.1) is 18.8 Å². The zero-order chi connectivity index (χ0) is 15.5. The molecule has 1 heterocycles. The first kappa shape index (κ1) is 15.1. The fraction of sp³-hybridized carbons (Fsp3) is 0.500. The van der Waals surface area contributed by atoms with Gasteiger partial charge in [0.05, 0.1) is 0 Å². The van der Waals surface area contributed by atoms with Crippen molar-refractivity contribution in [3.05, 3.63) is 35.5 Å². The molecule has 0 aliphatic heterocycles. The number of hydrogen-bond donors (Lipinski definition) is 3. The Morgan fingerprint density at radius 3 is 3.00 bits per heavy atom. The van der Waals surface area contributed by atoms with Crippen molar-refractivity contribution >= 4 is 16.8 Å². The molecule has 1 aromatic carbocycles. The van der Waals surface area contributed by atoms with E-state index in [9.17, 15) is 4.79 Å². The highest BCUT2D eigenvalue weighted by Gasteiger charge is 2.31. The predicted molar refractivity (Wildman–Crippen MR) is 89.6 cm³/mol. The van der Waals surface area contributed by atoms with Crippen LogP contribution >= 0.6 is 0 Å². The van der Waals surface area contributed by atoms with Crippen LogP contribution in [0.5, 0.6) is 0 Å². The van der Waals surface area contributed by atoms with E-state index < -0.39 is 0 Å². The van der Waals surface area contributed by atoms with E-state index in [1.165, 1.54) is 22.2 Å². The number of benzene rings is 1. The summed E-state index contributed by atoms with van der Waals surface area (Å²) in [6, 6.07) is 8.32. The van der Waals surface area contributed by atoms with Gasteiger partial charge in [0, 0.05) is 29.1 Å². The number of aromatic nitrogens is 1. The van der Waals surface area contributed by atoms with Crippen molar-refractivity contribution in [2.75, 3.05) is 13.1 Å². The maximum Gasteiger partial charge on any atom is 0.223 e. The van der Waals surface area contributed by atoms with Gasteiger partial charge in [-0.15, -0.1) is 0 Å². The molecular weight excluding hydrogens is 274 g/mol. The van der Waals surface area contributed by atoms with Gasteiger partial charge in [-0.2, -0.15) is 0 Å². The summed E-state index contributed by atoms with van der Waals surface area (Å²) in [6.07, 6.45) is 4.07. The molecule has 1 aliphatic carbocycles. The molecular formula is C18H25N3O. The monoisotopic (exact) mass is 299 g/mol. The number of H-pyrrole nitrogens is 1. The minimum Gasteiger partial charge on any atom is -0.358 e. The van der Waals surface area contributed by atoms with Crippen LogP contribution in [0.2, 0.25) is 0 Å². The molecule has 22 heavy (non-hydrogen) atoms. The molecule has 4 heteroatoms. The summed E-state index contributed by atoms with van der Waals surface area (Å²) in [5.41, 5.74) is 9.43. The summed E-state index contributed by atoms with van der Waals surface area (Å²) >= 11 is 0. The molecule has 1 aliphatic rings. The average molecular weight is 299 g/mol. The molecule has 0 radical (unpaired) electrons. The maximum atomic E-state index is 12.3. The van der Waals surface area contributed by atoms with Gasteiger partial charge in [-0.3, -0.25) is 4.79 Å². The van der Waals surface area contributed by atoms with Crippen molar-refractivity contribution in [1.82, 2.24) is 10.3 Å². The first-order chi connectivity index (χ1) is 10.7. The normalized spacial score (nSPS) is 21.4. The number of para-hydroxylation sites is 1. The zero-order valence-electron chi connectivity index (χ0n) is 13.2. The average Bonchev–Trinajstić information content (AvgIpc) is 3.11. The van der Waals surface area contributed by atoms with E-state index in [0.29, 0.717) is 19.0 Å². The summed E-state index contributed by atoms with van der Waals surface area (Å²) < 4.78 is 0. The molecule has 4 N–H and O–H groups in total. The lowest BCUT2D eigenvalue weighted by Crippen LogP contribution is -2.36. The summed E-state index contributed by atoms with van der Waals surface area (Å²) in [7, 11) is 0. The Morgan fingerprint density at radius 2 is 2.18 bits per heavy atom. The van der Waals surface area contributed by atoms with Crippen LogP contribution in [0.3, 0.4) is 0 Å². The molecule has 1 aromatic heterocycles. The van der Waals surface area contributed by atoms with Gasteiger partial charge in [-0.25, -0.2) is 0 Å². The van der Waals surface area contributed by atoms with Crippen LogP contribution in [0.25, 0.3) is 10.9 Å².